The third-order valence-corrected chi connectivity index (χ3v) is 6.45. The van der Waals surface area contributed by atoms with Crippen molar-refractivity contribution in [2.45, 2.75) is 24.8 Å². The van der Waals surface area contributed by atoms with Crippen LogP contribution >= 0.6 is 0 Å². The number of ether oxygens (including phenoxy) is 2. The number of benzene rings is 2. The molecule has 0 bridgehead atoms. The Balaban J connectivity index is 1.44. The Morgan fingerprint density at radius 3 is 2.24 bits per heavy atom. The predicted molar refractivity (Wildman–Crippen MR) is 121 cm³/mol. The van der Waals surface area contributed by atoms with Crippen molar-refractivity contribution in [3.8, 4) is 11.1 Å². The van der Waals surface area contributed by atoms with E-state index >= 15 is 0 Å². The number of aliphatic carboxylic acids is 1. The van der Waals surface area contributed by atoms with E-state index in [0.29, 0.717) is 13.0 Å². The average molecular weight is 453 g/mol. The Kier molecular flexibility index (Phi) is 6.37. The molecule has 1 aliphatic heterocycles. The molecule has 0 radical (unpaired) electrons. The van der Waals surface area contributed by atoms with Crippen molar-refractivity contribution in [1.82, 2.24) is 10.2 Å². The van der Waals surface area contributed by atoms with Crippen LogP contribution in [-0.2, 0) is 19.1 Å². The number of carboxylic acid groups (broad SMARTS) is 1. The number of hydrogen-bond acceptors (Lipinski definition) is 5. The van der Waals surface area contributed by atoms with E-state index in [2.05, 4.69) is 17.4 Å². The summed E-state index contributed by atoms with van der Waals surface area (Å²) in [7, 11) is 1.44. The van der Waals surface area contributed by atoms with Crippen LogP contribution in [0.5, 0.6) is 0 Å². The number of carbonyl (C=O) groups is 3. The molecule has 1 aliphatic carbocycles. The first-order valence-corrected chi connectivity index (χ1v) is 11.0. The number of methoxy groups -OCH3 is 1. The molecule has 8 nitrogen and oxygen atoms in total. The van der Waals surface area contributed by atoms with Gasteiger partial charge in [0.2, 0.25) is 0 Å². The second-order valence-corrected chi connectivity index (χ2v) is 8.79. The number of rotatable bonds is 7. The lowest BCUT2D eigenvalue weighted by Crippen LogP contribution is -2.60. The molecular weight excluding hydrogens is 424 g/mol. The van der Waals surface area contributed by atoms with Crippen molar-refractivity contribution >= 4 is 18.0 Å². The molecule has 4 rings (SSSR count). The van der Waals surface area contributed by atoms with Gasteiger partial charge in [-0.2, -0.15) is 0 Å². The summed E-state index contributed by atoms with van der Waals surface area (Å²) in [5, 5.41) is 11.9. The molecule has 0 spiro atoms. The molecule has 1 saturated heterocycles. The quantitative estimate of drug-likeness (QED) is 0.669. The molecule has 8 heteroatoms. The lowest BCUT2D eigenvalue weighted by atomic mass is 9.98. The van der Waals surface area contributed by atoms with E-state index in [1.165, 1.54) is 12.0 Å². The van der Waals surface area contributed by atoms with E-state index in [4.69, 9.17) is 9.47 Å². The van der Waals surface area contributed by atoms with E-state index in [1.54, 1.807) is 6.92 Å². The molecule has 0 aromatic heterocycles. The molecule has 2 atom stereocenters. The summed E-state index contributed by atoms with van der Waals surface area (Å²) in [4.78, 5) is 38.6. The van der Waals surface area contributed by atoms with Crippen LogP contribution in [0.4, 0.5) is 4.79 Å². The fraction of sp³-hybridized carbons (Fsp3) is 0.400. The highest BCUT2D eigenvalue weighted by atomic mass is 16.5. The number of likely N-dealkylation sites (tertiary alicyclic amines) is 1. The third-order valence-electron chi connectivity index (χ3n) is 6.45. The van der Waals surface area contributed by atoms with Gasteiger partial charge in [0.1, 0.15) is 12.1 Å². The zero-order chi connectivity index (χ0) is 23.6. The molecule has 0 saturated carbocycles. The number of carboxylic acids is 1. The maximum atomic E-state index is 13.1. The van der Waals surface area contributed by atoms with Crippen molar-refractivity contribution < 1.29 is 29.0 Å². The number of hydrogen-bond donors (Lipinski definition) is 2. The normalized spacial score (nSPS) is 18.8. The number of nitrogens with one attached hydrogen (secondary N) is 1. The van der Waals surface area contributed by atoms with E-state index in [1.807, 2.05) is 36.4 Å². The summed E-state index contributed by atoms with van der Waals surface area (Å²) in [5.74, 6) is -2.01. The minimum Gasteiger partial charge on any atom is -0.481 e. The second-order valence-electron chi connectivity index (χ2n) is 8.79. The summed E-state index contributed by atoms with van der Waals surface area (Å²) < 4.78 is 10.8. The molecule has 1 fully saturated rings. The maximum absolute atomic E-state index is 13.1. The number of amides is 2. The van der Waals surface area contributed by atoms with E-state index in [9.17, 15) is 19.5 Å². The molecule has 2 unspecified atom stereocenters. The Morgan fingerprint density at radius 2 is 1.70 bits per heavy atom. The van der Waals surface area contributed by atoms with Crippen LogP contribution in [-0.4, -0.2) is 66.9 Å². The molecule has 1 heterocycles. The Bertz CT molecular complexity index is 1020. The maximum Gasteiger partial charge on any atom is 0.408 e. The number of fused-ring (bicyclic) bond motifs is 3. The monoisotopic (exact) mass is 452 g/mol. The van der Waals surface area contributed by atoms with Gasteiger partial charge in [0.15, 0.2) is 0 Å². The first kappa shape index (κ1) is 22.8. The first-order valence-electron chi connectivity index (χ1n) is 11.0. The fourth-order valence-electron chi connectivity index (χ4n) is 4.79. The van der Waals surface area contributed by atoms with Crippen LogP contribution in [0.3, 0.4) is 0 Å². The van der Waals surface area contributed by atoms with Crippen molar-refractivity contribution in [3.63, 3.8) is 0 Å². The largest absolute Gasteiger partial charge is 0.481 e. The molecule has 2 aliphatic rings. The summed E-state index contributed by atoms with van der Waals surface area (Å²) in [6, 6.07) is 16.1. The van der Waals surface area contributed by atoms with Crippen molar-refractivity contribution in [2.24, 2.45) is 5.92 Å². The number of carbonyl (C=O) groups excluding carboxylic acids is 2. The molecule has 2 aromatic carbocycles. The smallest absolute Gasteiger partial charge is 0.408 e. The van der Waals surface area contributed by atoms with Crippen LogP contribution in [0.25, 0.3) is 11.1 Å². The van der Waals surface area contributed by atoms with E-state index in [-0.39, 0.29) is 31.6 Å². The van der Waals surface area contributed by atoms with Crippen LogP contribution in [0.15, 0.2) is 48.5 Å². The lowest BCUT2D eigenvalue weighted by Gasteiger charge is -2.32. The minimum atomic E-state index is -1.37. The van der Waals surface area contributed by atoms with Gasteiger partial charge >= 0.3 is 12.1 Å². The van der Waals surface area contributed by atoms with Gasteiger partial charge < -0.3 is 24.8 Å². The summed E-state index contributed by atoms with van der Waals surface area (Å²) >= 11 is 0. The number of alkyl carbamates (subject to hydrolysis) is 1. The van der Waals surface area contributed by atoms with Crippen LogP contribution in [0, 0.1) is 5.92 Å². The van der Waals surface area contributed by atoms with Crippen molar-refractivity contribution in [1.29, 1.82) is 0 Å². The van der Waals surface area contributed by atoms with Gasteiger partial charge in [-0.3, -0.25) is 9.59 Å². The highest BCUT2D eigenvalue weighted by Gasteiger charge is 2.42. The Hall–Kier alpha value is -3.39. The zero-order valence-electron chi connectivity index (χ0n) is 18.7. The van der Waals surface area contributed by atoms with Gasteiger partial charge in [-0.25, -0.2) is 4.79 Å². The van der Waals surface area contributed by atoms with Crippen molar-refractivity contribution in [2.75, 3.05) is 33.4 Å². The molecular formula is C25H28N2O6. The van der Waals surface area contributed by atoms with Crippen LogP contribution < -0.4 is 5.32 Å². The van der Waals surface area contributed by atoms with Gasteiger partial charge in [-0.05, 0) is 35.6 Å². The molecule has 2 N–H and O–H groups in total. The van der Waals surface area contributed by atoms with Gasteiger partial charge in [0, 0.05) is 26.1 Å². The van der Waals surface area contributed by atoms with Gasteiger partial charge in [0.25, 0.3) is 5.91 Å². The first-order chi connectivity index (χ1) is 15.8. The molecule has 33 heavy (non-hydrogen) atoms. The van der Waals surface area contributed by atoms with Gasteiger partial charge in [0.05, 0.1) is 12.5 Å². The summed E-state index contributed by atoms with van der Waals surface area (Å²) in [5.41, 5.74) is 3.08. The summed E-state index contributed by atoms with van der Waals surface area (Å²) in [6.45, 7) is 2.06. The Morgan fingerprint density at radius 1 is 1.09 bits per heavy atom. The van der Waals surface area contributed by atoms with Crippen LogP contribution in [0.1, 0.15) is 30.4 Å². The topological polar surface area (TPSA) is 105 Å². The summed E-state index contributed by atoms with van der Waals surface area (Å²) in [6.07, 6.45) is -0.339. The predicted octanol–water partition coefficient (Wildman–Crippen LogP) is 2.86. The highest BCUT2D eigenvalue weighted by molar-refractivity contribution is 5.90. The van der Waals surface area contributed by atoms with Gasteiger partial charge in [-0.15, -0.1) is 0 Å². The second kappa shape index (κ2) is 9.23. The average Bonchev–Trinajstić information content (AvgIpc) is 3.41. The SMILES string of the molecule is COCC(C)(NC(=O)OCC1c2ccccc2-c2ccccc21)C(=O)N1CCC(C(=O)O)C1. The molecule has 2 amide bonds. The lowest BCUT2D eigenvalue weighted by molar-refractivity contribution is -0.142. The molecule has 2 aromatic rings. The minimum absolute atomic E-state index is 0.0652. The van der Waals surface area contributed by atoms with E-state index in [0.717, 1.165) is 22.3 Å². The number of nitrogens with zero attached hydrogens (tertiary/aromatic N) is 1. The van der Waals surface area contributed by atoms with Crippen LogP contribution in [0.2, 0.25) is 0 Å². The molecule has 174 valence electrons. The standard InChI is InChI=1S/C25H28N2O6/c1-25(15-32-2,23(30)27-12-11-16(13-27)22(28)29)26-24(31)33-14-21-19-9-5-3-7-17(19)18-8-4-6-10-20(18)21/h3-10,16,21H,11-15H2,1-2H3,(H,26,31)(H,28,29). The third kappa shape index (κ3) is 4.43. The van der Waals surface area contributed by atoms with Crippen molar-refractivity contribution in [3.05, 3.63) is 59.7 Å². The van der Waals surface area contributed by atoms with E-state index < -0.39 is 23.5 Å². The fourth-order valence-corrected chi connectivity index (χ4v) is 4.79. The zero-order valence-corrected chi connectivity index (χ0v) is 18.7. The highest BCUT2D eigenvalue weighted by Crippen LogP contribution is 2.44. The Labute approximate surface area is 192 Å². The van der Waals surface area contributed by atoms with Gasteiger partial charge in [-0.1, -0.05) is 48.5 Å².